The molecule has 2 rings (SSSR count). The molecule has 7 heteroatoms. The Balaban J connectivity index is 2.37. The fourth-order valence-corrected chi connectivity index (χ4v) is 3.90. The predicted molar refractivity (Wildman–Crippen MR) is 66.4 cm³/mol. The highest BCUT2D eigenvalue weighted by molar-refractivity contribution is 7.89. The Morgan fingerprint density at radius 3 is 2.67 bits per heavy atom. The van der Waals surface area contributed by atoms with Gasteiger partial charge in [-0.15, -0.1) is 0 Å². The number of aromatic nitrogens is 2. The molecule has 0 aromatic carbocycles. The normalized spacial score (nSPS) is 18.3. The molecule has 0 amide bonds. The first-order valence-corrected chi connectivity index (χ1v) is 7.46. The highest BCUT2D eigenvalue weighted by Gasteiger charge is 2.38. The van der Waals surface area contributed by atoms with Crippen molar-refractivity contribution in [3.63, 3.8) is 0 Å². The minimum Gasteiger partial charge on any atom is -0.390 e. The molecule has 18 heavy (non-hydrogen) atoms. The van der Waals surface area contributed by atoms with E-state index in [1.165, 1.54) is 4.31 Å². The lowest BCUT2D eigenvalue weighted by Gasteiger charge is -2.24. The van der Waals surface area contributed by atoms with Gasteiger partial charge in [-0.2, -0.15) is 9.40 Å². The van der Waals surface area contributed by atoms with Crippen LogP contribution in [-0.2, 0) is 16.6 Å². The van der Waals surface area contributed by atoms with E-state index in [-0.39, 0.29) is 23.2 Å². The maximum Gasteiger partial charge on any atom is 0.246 e. The van der Waals surface area contributed by atoms with Crippen molar-refractivity contribution in [1.29, 1.82) is 0 Å². The van der Waals surface area contributed by atoms with Crippen molar-refractivity contribution in [2.24, 2.45) is 5.92 Å². The van der Waals surface area contributed by atoms with Crippen LogP contribution in [0.2, 0.25) is 0 Å². The molecule has 1 fully saturated rings. The summed E-state index contributed by atoms with van der Waals surface area (Å²) in [5.41, 5.74) is 0.649. The first-order valence-electron chi connectivity index (χ1n) is 6.02. The molecule has 102 valence electrons. The van der Waals surface area contributed by atoms with Crippen molar-refractivity contribution >= 4 is 10.0 Å². The number of aliphatic hydroxyl groups is 1. The molecule has 2 N–H and O–H groups in total. The first kappa shape index (κ1) is 13.5. The van der Waals surface area contributed by atoms with Gasteiger partial charge in [0, 0.05) is 13.1 Å². The van der Waals surface area contributed by atoms with E-state index >= 15 is 0 Å². The van der Waals surface area contributed by atoms with Crippen LogP contribution in [0, 0.1) is 12.8 Å². The molecule has 1 aliphatic carbocycles. The zero-order valence-electron chi connectivity index (χ0n) is 10.8. The number of hydrogen-bond donors (Lipinski definition) is 2. The van der Waals surface area contributed by atoms with Gasteiger partial charge < -0.3 is 5.11 Å². The van der Waals surface area contributed by atoms with Crippen molar-refractivity contribution in [2.75, 3.05) is 7.05 Å². The molecule has 0 spiro atoms. The Kier molecular flexibility index (Phi) is 3.48. The number of sulfonamides is 1. The highest BCUT2D eigenvalue weighted by Crippen LogP contribution is 2.36. The summed E-state index contributed by atoms with van der Waals surface area (Å²) in [7, 11) is -2.00. The standard InChI is InChI=1S/C11H19N3O3S/c1-7-11(10(6-15)13-12-7)18(16,17)14(3)8(2)9-4-5-9/h8-9,15H,4-6H2,1-3H3,(H,12,13). The Morgan fingerprint density at radius 2 is 2.17 bits per heavy atom. The number of nitrogens with zero attached hydrogens (tertiary/aromatic N) is 2. The summed E-state index contributed by atoms with van der Waals surface area (Å²) in [4.78, 5) is 0.111. The third kappa shape index (κ3) is 2.17. The fourth-order valence-electron chi connectivity index (χ4n) is 2.16. The van der Waals surface area contributed by atoms with Gasteiger partial charge in [-0.05, 0) is 32.6 Å². The van der Waals surface area contributed by atoms with Crippen LogP contribution < -0.4 is 0 Å². The summed E-state index contributed by atoms with van der Waals surface area (Å²) >= 11 is 0. The van der Waals surface area contributed by atoms with E-state index in [2.05, 4.69) is 10.2 Å². The number of hydrogen-bond acceptors (Lipinski definition) is 4. The quantitative estimate of drug-likeness (QED) is 0.824. The molecule has 0 aliphatic heterocycles. The molecule has 6 nitrogen and oxygen atoms in total. The monoisotopic (exact) mass is 273 g/mol. The molecule has 1 aliphatic rings. The van der Waals surface area contributed by atoms with Gasteiger partial charge in [-0.3, -0.25) is 5.10 Å². The largest absolute Gasteiger partial charge is 0.390 e. The molecule has 1 aromatic rings. The van der Waals surface area contributed by atoms with Crippen LogP contribution in [-0.4, -0.2) is 41.1 Å². The van der Waals surface area contributed by atoms with E-state index in [4.69, 9.17) is 0 Å². The number of H-pyrrole nitrogens is 1. The van der Waals surface area contributed by atoms with Crippen LogP contribution in [0.25, 0.3) is 0 Å². The summed E-state index contributed by atoms with van der Waals surface area (Å²) in [6, 6.07) is -0.0177. The molecule has 0 saturated heterocycles. The summed E-state index contributed by atoms with van der Waals surface area (Å²) in [6.45, 7) is 3.18. The fraction of sp³-hybridized carbons (Fsp3) is 0.727. The lowest BCUT2D eigenvalue weighted by molar-refractivity contribution is 0.272. The van der Waals surface area contributed by atoms with Gasteiger partial charge in [0.1, 0.15) is 10.6 Å². The number of aliphatic hydroxyl groups excluding tert-OH is 1. The van der Waals surface area contributed by atoms with Crippen LogP contribution in [0.1, 0.15) is 31.2 Å². The summed E-state index contributed by atoms with van der Waals surface area (Å²) in [5.74, 6) is 0.453. The number of rotatable bonds is 5. The average Bonchev–Trinajstić information content (AvgIpc) is 3.10. The van der Waals surface area contributed by atoms with Crippen molar-refractivity contribution in [3.8, 4) is 0 Å². The molecule has 1 atom stereocenters. The van der Waals surface area contributed by atoms with Gasteiger partial charge in [-0.25, -0.2) is 8.42 Å². The topological polar surface area (TPSA) is 86.3 Å². The van der Waals surface area contributed by atoms with Crippen molar-refractivity contribution in [2.45, 2.75) is 44.2 Å². The Morgan fingerprint density at radius 1 is 1.56 bits per heavy atom. The molecule has 0 bridgehead atoms. The maximum absolute atomic E-state index is 12.5. The minimum atomic E-state index is -3.59. The Labute approximate surface area is 107 Å². The molecule has 1 aromatic heterocycles. The van der Waals surface area contributed by atoms with Gasteiger partial charge in [0.15, 0.2) is 0 Å². The van der Waals surface area contributed by atoms with Gasteiger partial charge in [0.25, 0.3) is 0 Å². The maximum atomic E-state index is 12.5. The molecular formula is C11H19N3O3S. The van der Waals surface area contributed by atoms with E-state index in [0.717, 1.165) is 12.8 Å². The molecular weight excluding hydrogens is 254 g/mol. The van der Waals surface area contributed by atoms with E-state index < -0.39 is 10.0 Å². The highest BCUT2D eigenvalue weighted by atomic mass is 32.2. The van der Waals surface area contributed by atoms with Crippen LogP contribution in [0.5, 0.6) is 0 Å². The lowest BCUT2D eigenvalue weighted by Crippen LogP contribution is -2.37. The number of aryl methyl sites for hydroxylation is 1. The predicted octanol–water partition coefficient (Wildman–Crippen LogP) is 0.629. The van der Waals surface area contributed by atoms with Crippen molar-refractivity contribution in [3.05, 3.63) is 11.4 Å². The Bertz CT molecular complexity index is 534. The van der Waals surface area contributed by atoms with Crippen LogP contribution in [0.15, 0.2) is 4.90 Å². The van der Waals surface area contributed by atoms with Gasteiger partial charge in [0.2, 0.25) is 10.0 Å². The van der Waals surface area contributed by atoms with E-state index in [1.54, 1.807) is 14.0 Å². The van der Waals surface area contributed by atoms with Crippen molar-refractivity contribution < 1.29 is 13.5 Å². The second-order valence-electron chi connectivity index (χ2n) is 4.88. The van der Waals surface area contributed by atoms with Crippen LogP contribution in [0.3, 0.4) is 0 Å². The number of nitrogens with one attached hydrogen (secondary N) is 1. The van der Waals surface area contributed by atoms with E-state index in [0.29, 0.717) is 11.6 Å². The average molecular weight is 273 g/mol. The van der Waals surface area contributed by atoms with E-state index in [9.17, 15) is 13.5 Å². The zero-order valence-corrected chi connectivity index (χ0v) is 11.7. The summed E-state index contributed by atoms with van der Waals surface area (Å²) in [6.07, 6.45) is 2.16. The second-order valence-corrected chi connectivity index (χ2v) is 6.82. The third-order valence-corrected chi connectivity index (χ3v) is 5.77. The van der Waals surface area contributed by atoms with Crippen LogP contribution in [0.4, 0.5) is 0 Å². The van der Waals surface area contributed by atoms with Gasteiger partial charge in [0.05, 0.1) is 12.3 Å². The van der Waals surface area contributed by atoms with E-state index in [1.807, 2.05) is 6.92 Å². The van der Waals surface area contributed by atoms with Gasteiger partial charge >= 0.3 is 0 Å². The first-order chi connectivity index (χ1) is 8.39. The zero-order chi connectivity index (χ0) is 13.5. The van der Waals surface area contributed by atoms with Crippen LogP contribution >= 0.6 is 0 Å². The molecule has 1 unspecified atom stereocenters. The summed E-state index contributed by atoms with van der Waals surface area (Å²) < 4.78 is 26.4. The Hall–Kier alpha value is -0.920. The smallest absolute Gasteiger partial charge is 0.246 e. The lowest BCUT2D eigenvalue weighted by atomic mass is 10.2. The molecule has 1 heterocycles. The van der Waals surface area contributed by atoms with Crippen molar-refractivity contribution in [1.82, 2.24) is 14.5 Å². The summed E-state index contributed by atoms with van der Waals surface area (Å²) in [5, 5.41) is 15.6. The molecule has 1 saturated carbocycles. The minimum absolute atomic E-state index is 0.0177. The third-order valence-electron chi connectivity index (χ3n) is 3.63. The number of aromatic amines is 1. The van der Waals surface area contributed by atoms with Gasteiger partial charge in [-0.1, -0.05) is 0 Å². The molecule has 0 radical (unpaired) electrons. The SMILES string of the molecule is Cc1[nH]nc(CO)c1S(=O)(=O)N(C)C(C)C1CC1. The second kappa shape index (κ2) is 4.64.